The zero-order valence-electron chi connectivity index (χ0n) is 17.3. The van der Waals surface area contributed by atoms with Gasteiger partial charge in [-0.1, -0.05) is 24.3 Å². The van der Waals surface area contributed by atoms with Crippen LogP contribution in [-0.2, 0) is 18.4 Å². The molecular weight excluding hydrogens is 377 g/mol. The van der Waals surface area contributed by atoms with Gasteiger partial charge in [-0.05, 0) is 74.2 Å². The number of imidazole rings is 1. The Morgan fingerprint density at radius 3 is 2.63 bits per heavy atom. The maximum Gasteiger partial charge on any atom is 0.123 e. The summed E-state index contributed by atoms with van der Waals surface area (Å²) in [6.45, 7) is 4.82. The molecule has 2 aliphatic heterocycles. The number of aryl methyl sites for hydroxylation is 2. The molecule has 0 aliphatic carbocycles. The lowest BCUT2D eigenvalue weighted by Gasteiger charge is -2.42. The summed E-state index contributed by atoms with van der Waals surface area (Å²) < 4.78 is 21.1. The summed E-state index contributed by atoms with van der Waals surface area (Å²) in [6, 6.07) is 15.2. The van der Waals surface area contributed by atoms with Gasteiger partial charge in [-0.2, -0.15) is 0 Å². The average Bonchev–Trinajstić information content (AvgIpc) is 3.22. The Labute approximate surface area is 177 Å². The fourth-order valence-corrected chi connectivity index (χ4v) is 5.13. The first-order chi connectivity index (χ1) is 14.7. The van der Waals surface area contributed by atoms with Crippen LogP contribution < -0.4 is 4.74 Å². The molecule has 0 atom stereocenters. The van der Waals surface area contributed by atoms with Crippen molar-refractivity contribution in [3.63, 3.8) is 0 Å². The second-order valence-electron chi connectivity index (χ2n) is 8.43. The van der Waals surface area contributed by atoms with Gasteiger partial charge in [-0.15, -0.1) is 0 Å². The van der Waals surface area contributed by atoms with Gasteiger partial charge in [0.2, 0.25) is 0 Å². The van der Waals surface area contributed by atoms with Gasteiger partial charge in [0.25, 0.3) is 0 Å². The molecular formula is C25H28FN3O. The number of fused-ring (bicyclic) bond motifs is 4. The average molecular weight is 406 g/mol. The number of likely N-dealkylation sites (tertiary alicyclic amines) is 1. The molecule has 156 valence electrons. The Bertz CT molecular complexity index is 990. The minimum Gasteiger partial charge on any atom is -0.494 e. The summed E-state index contributed by atoms with van der Waals surface area (Å²) in [7, 11) is 0. The van der Waals surface area contributed by atoms with Gasteiger partial charge >= 0.3 is 0 Å². The van der Waals surface area contributed by atoms with E-state index in [1.807, 2.05) is 6.20 Å². The molecule has 0 bridgehead atoms. The lowest BCUT2D eigenvalue weighted by molar-refractivity contribution is 0.161. The van der Waals surface area contributed by atoms with Crippen LogP contribution in [0.25, 0.3) is 0 Å². The standard InChI is InChI=1S/C25H28FN3O/c26-21-6-8-22(9-7-21)30-19-3-14-28-16-11-25(12-17-28)23-5-2-1-4-20(23)10-15-29-18-13-27-24(25)29/h1-2,4-9,13,18H,3,10-12,14-17,19H2. The van der Waals surface area contributed by atoms with Crippen LogP contribution in [0.15, 0.2) is 60.9 Å². The number of rotatable bonds is 5. The van der Waals surface area contributed by atoms with E-state index in [0.29, 0.717) is 6.61 Å². The third-order valence-corrected chi connectivity index (χ3v) is 6.71. The lowest BCUT2D eigenvalue weighted by Crippen LogP contribution is -2.45. The van der Waals surface area contributed by atoms with E-state index >= 15 is 0 Å². The van der Waals surface area contributed by atoms with Crippen LogP contribution in [0.3, 0.4) is 0 Å². The van der Waals surface area contributed by atoms with Gasteiger partial charge < -0.3 is 14.2 Å². The quantitative estimate of drug-likeness (QED) is 0.589. The molecule has 4 nitrogen and oxygen atoms in total. The van der Waals surface area contributed by atoms with E-state index in [9.17, 15) is 4.39 Å². The molecule has 0 N–H and O–H groups in total. The Balaban J connectivity index is 1.23. The van der Waals surface area contributed by atoms with Gasteiger partial charge in [-0.3, -0.25) is 0 Å². The van der Waals surface area contributed by atoms with E-state index in [1.165, 1.54) is 29.1 Å². The van der Waals surface area contributed by atoms with Crippen molar-refractivity contribution in [2.75, 3.05) is 26.2 Å². The van der Waals surface area contributed by atoms with E-state index in [4.69, 9.17) is 9.72 Å². The number of benzene rings is 2. The molecule has 1 saturated heterocycles. The van der Waals surface area contributed by atoms with Gasteiger partial charge in [0.1, 0.15) is 17.4 Å². The third-order valence-electron chi connectivity index (χ3n) is 6.71. The summed E-state index contributed by atoms with van der Waals surface area (Å²) >= 11 is 0. The Kier molecular flexibility index (Phi) is 5.30. The van der Waals surface area contributed by atoms with Crippen molar-refractivity contribution in [2.24, 2.45) is 0 Å². The molecule has 3 aromatic rings. The molecule has 5 heteroatoms. The summed E-state index contributed by atoms with van der Waals surface area (Å²) in [5.41, 5.74) is 2.98. The van der Waals surface area contributed by atoms with Crippen molar-refractivity contribution in [1.29, 1.82) is 0 Å². The van der Waals surface area contributed by atoms with Crippen molar-refractivity contribution in [3.8, 4) is 5.75 Å². The zero-order valence-corrected chi connectivity index (χ0v) is 17.3. The van der Waals surface area contributed by atoms with Crippen LogP contribution in [0, 0.1) is 5.82 Å². The van der Waals surface area contributed by atoms with Crippen LogP contribution in [-0.4, -0.2) is 40.7 Å². The summed E-state index contributed by atoms with van der Waals surface area (Å²) in [4.78, 5) is 7.37. The number of hydrogen-bond donors (Lipinski definition) is 0. The van der Waals surface area contributed by atoms with Gasteiger partial charge in [-0.25, -0.2) is 9.37 Å². The minimum absolute atomic E-state index is 0.0255. The number of piperidine rings is 1. The molecule has 1 fully saturated rings. The van der Waals surface area contributed by atoms with Crippen LogP contribution in [0.1, 0.15) is 36.2 Å². The maximum absolute atomic E-state index is 13.0. The third kappa shape index (κ3) is 3.63. The maximum atomic E-state index is 13.0. The Morgan fingerprint density at radius 2 is 1.80 bits per heavy atom. The summed E-state index contributed by atoms with van der Waals surface area (Å²) in [5, 5.41) is 0. The van der Waals surface area contributed by atoms with Crippen LogP contribution in [0.5, 0.6) is 5.75 Å². The largest absolute Gasteiger partial charge is 0.494 e. The molecule has 0 amide bonds. The van der Waals surface area contributed by atoms with Crippen molar-refractivity contribution < 1.29 is 9.13 Å². The van der Waals surface area contributed by atoms with Crippen molar-refractivity contribution in [1.82, 2.24) is 14.5 Å². The monoisotopic (exact) mass is 405 g/mol. The predicted octanol–water partition coefficient (Wildman–Crippen LogP) is 4.43. The number of ether oxygens (including phenoxy) is 1. The van der Waals surface area contributed by atoms with E-state index < -0.39 is 0 Å². The number of hydrogen-bond acceptors (Lipinski definition) is 3. The first-order valence-corrected chi connectivity index (χ1v) is 11.0. The fraction of sp³-hybridized carbons (Fsp3) is 0.400. The molecule has 0 radical (unpaired) electrons. The second-order valence-corrected chi connectivity index (χ2v) is 8.43. The second kappa shape index (κ2) is 8.23. The smallest absolute Gasteiger partial charge is 0.123 e. The predicted molar refractivity (Wildman–Crippen MR) is 115 cm³/mol. The van der Waals surface area contributed by atoms with Crippen LogP contribution in [0.2, 0.25) is 0 Å². The van der Waals surface area contributed by atoms with E-state index in [0.717, 1.165) is 57.6 Å². The summed E-state index contributed by atoms with van der Waals surface area (Å²) in [6.07, 6.45) is 8.34. The molecule has 3 heterocycles. The van der Waals surface area contributed by atoms with Crippen LogP contribution in [0.4, 0.5) is 4.39 Å². The zero-order chi connectivity index (χ0) is 20.4. The highest BCUT2D eigenvalue weighted by Gasteiger charge is 2.43. The fourth-order valence-electron chi connectivity index (χ4n) is 5.13. The topological polar surface area (TPSA) is 30.3 Å². The molecule has 30 heavy (non-hydrogen) atoms. The molecule has 1 spiro atoms. The first kappa shape index (κ1) is 19.3. The van der Waals surface area contributed by atoms with Crippen molar-refractivity contribution in [2.45, 2.75) is 37.6 Å². The van der Waals surface area contributed by atoms with E-state index in [1.54, 1.807) is 12.1 Å². The molecule has 1 aromatic heterocycles. The molecule has 2 aliphatic rings. The number of nitrogens with zero attached hydrogens (tertiary/aromatic N) is 3. The normalized spacial score (nSPS) is 17.9. The highest BCUT2D eigenvalue weighted by Crippen LogP contribution is 2.44. The summed E-state index contributed by atoms with van der Waals surface area (Å²) in [5.74, 6) is 1.74. The molecule has 2 aromatic carbocycles. The Hall–Kier alpha value is -2.66. The lowest BCUT2D eigenvalue weighted by atomic mass is 9.70. The highest BCUT2D eigenvalue weighted by atomic mass is 19.1. The minimum atomic E-state index is -0.231. The number of aromatic nitrogens is 2. The van der Waals surface area contributed by atoms with E-state index in [-0.39, 0.29) is 11.2 Å². The SMILES string of the molecule is Fc1ccc(OCCCN2CCC3(CC2)c2ccccc2CCn2ccnc23)cc1. The Morgan fingerprint density at radius 1 is 1.00 bits per heavy atom. The number of halogens is 1. The highest BCUT2D eigenvalue weighted by molar-refractivity contribution is 5.42. The van der Waals surface area contributed by atoms with Gasteiger partial charge in [0, 0.05) is 25.5 Å². The first-order valence-electron chi connectivity index (χ1n) is 11.0. The van der Waals surface area contributed by atoms with Crippen molar-refractivity contribution >= 4 is 0 Å². The molecule has 0 saturated carbocycles. The van der Waals surface area contributed by atoms with Gasteiger partial charge in [0.05, 0.1) is 12.0 Å². The van der Waals surface area contributed by atoms with Crippen molar-refractivity contribution in [3.05, 3.63) is 83.7 Å². The molecule has 0 unspecified atom stereocenters. The molecule has 5 rings (SSSR count). The van der Waals surface area contributed by atoms with Gasteiger partial charge in [0.15, 0.2) is 0 Å². The van der Waals surface area contributed by atoms with Crippen LogP contribution >= 0.6 is 0 Å². The van der Waals surface area contributed by atoms with E-state index in [2.05, 4.69) is 39.9 Å².